The van der Waals surface area contributed by atoms with Gasteiger partial charge < -0.3 is 15.3 Å². The van der Waals surface area contributed by atoms with E-state index in [9.17, 15) is 0 Å². The average molecular weight is 302 g/mol. The van der Waals surface area contributed by atoms with E-state index in [4.69, 9.17) is 15.3 Å². The van der Waals surface area contributed by atoms with Gasteiger partial charge in [-0.15, -0.1) is 11.3 Å². The van der Waals surface area contributed by atoms with Gasteiger partial charge in [-0.3, -0.25) is 0 Å². The molecule has 0 atom stereocenters. The van der Waals surface area contributed by atoms with E-state index < -0.39 is 5.97 Å². The third-order valence-corrected chi connectivity index (χ3v) is 4.82. The summed E-state index contributed by atoms with van der Waals surface area (Å²) in [6.07, 6.45) is 2.25. The zero-order valence-corrected chi connectivity index (χ0v) is 12.4. The van der Waals surface area contributed by atoms with Crippen molar-refractivity contribution in [3.8, 4) is 0 Å². The van der Waals surface area contributed by atoms with Gasteiger partial charge in [0.15, 0.2) is 0 Å². The maximum Gasteiger partial charge on any atom is 0.275 e. The summed E-state index contributed by atoms with van der Waals surface area (Å²) in [6.45, 7) is 0. The molecule has 1 aromatic heterocycles. The minimum Gasteiger partial charge on any atom is -0.344 e. The van der Waals surface area contributed by atoms with E-state index in [0.717, 1.165) is 12.8 Å². The molecule has 1 heterocycles. The quantitative estimate of drug-likeness (QED) is 0.500. The Labute approximate surface area is 127 Å². The van der Waals surface area contributed by atoms with E-state index in [1.165, 1.54) is 25.7 Å². The maximum absolute atomic E-state index is 8.86. The smallest absolute Gasteiger partial charge is 0.275 e. The molecule has 0 aliphatic rings. The summed E-state index contributed by atoms with van der Waals surface area (Å²) >= 11 is 1.80. The van der Waals surface area contributed by atoms with Crippen LogP contribution in [-0.4, -0.2) is 21.3 Å². The van der Waals surface area contributed by atoms with Crippen LogP contribution in [0.4, 0.5) is 0 Å². The lowest BCUT2D eigenvalue weighted by molar-refractivity contribution is -0.314. The predicted molar refractivity (Wildman–Crippen MR) is 86.3 cm³/mol. The molecule has 0 unspecified atom stereocenters. The zero-order chi connectivity index (χ0) is 14.9. The van der Waals surface area contributed by atoms with E-state index in [2.05, 4.69) is 42.5 Å². The molecule has 0 fully saturated rings. The van der Waals surface area contributed by atoms with Crippen molar-refractivity contribution in [2.75, 3.05) is 0 Å². The number of unbranched alkanes of at least 4 members (excludes halogenated alkanes) is 1. The van der Waals surface area contributed by atoms with Crippen LogP contribution < -0.4 is 0 Å². The Balaban J connectivity index is 1.76. The molecule has 0 radical (unpaired) electrons. The highest BCUT2D eigenvalue weighted by atomic mass is 32.1. The van der Waals surface area contributed by atoms with Crippen LogP contribution in [0.3, 0.4) is 0 Å². The molecule has 0 aliphatic carbocycles. The second kappa shape index (κ2) is 5.73. The Morgan fingerprint density at radius 3 is 2.43 bits per heavy atom. The first kappa shape index (κ1) is 14.5. The molecule has 3 N–H and O–H groups in total. The topological polar surface area (TPSA) is 60.7 Å². The van der Waals surface area contributed by atoms with Crippen molar-refractivity contribution < 1.29 is 15.3 Å². The van der Waals surface area contributed by atoms with Crippen LogP contribution in [0.2, 0.25) is 0 Å². The van der Waals surface area contributed by atoms with Gasteiger partial charge in [0.2, 0.25) is 0 Å². The van der Waals surface area contributed by atoms with E-state index in [1.54, 1.807) is 11.3 Å². The summed E-state index contributed by atoms with van der Waals surface area (Å²) in [5.74, 6) is -2.53. The predicted octanol–water partition coefficient (Wildman–Crippen LogP) is 3.40. The van der Waals surface area contributed by atoms with Gasteiger partial charge in [0.1, 0.15) is 0 Å². The van der Waals surface area contributed by atoms with Gasteiger partial charge in [0.05, 0.1) is 0 Å². The van der Waals surface area contributed by atoms with Crippen LogP contribution in [0.25, 0.3) is 20.2 Å². The SMILES string of the molecule is OC(O)(O)CCCCc1ccc2sc3ccccc3c2c1. The first-order valence-electron chi connectivity index (χ1n) is 7.10. The second-order valence-corrected chi connectivity index (χ2v) is 6.49. The number of hydrogen-bond acceptors (Lipinski definition) is 4. The monoisotopic (exact) mass is 302 g/mol. The number of rotatable bonds is 5. The lowest BCUT2D eigenvalue weighted by Crippen LogP contribution is -2.26. The van der Waals surface area contributed by atoms with Gasteiger partial charge in [-0.1, -0.05) is 24.3 Å². The van der Waals surface area contributed by atoms with Gasteiger partial charge in [-0.2, -0.15) is 0 Å². The Morgan fingerprint density at radius 1 is 0.857 bits per heavy atom. The molecule has 2 aromatic carbocycles. The minimum absolute atomic E-state index is 0.0172. The third-order valence-electron chi connectivity index (χ3n) is 3.67. The fraction of sp³-hybridized carbons (Fsp3) is 0.294. The summed E-state index contributed by atoms with van der Waals surface area (Å²) in [6, 6.07) is 14.9. The lowest BCUT2D eigenvalue weighted by atomic mass is 10.0. The highest BCUT2D eigenvalue weighted by Crippen LogP contribution is 2.34. The molecule has 0 spiro atoms. The minimum atomic E-state index is -2.53. The Kier molecular flexibility index (Phi) is 3.95. The van der Waals surface area contributed by atoms with Crippen molar-refractivity contribution in [3.63, 3.8) is 0 Å². The average Bonchev–Trinajstić information content (AvgIpc) is 2.81. The first-order valence-corrected chi connectivity index (χ1v) is 7.92. The molecule has 4 heteroatoms. The normalized spacial score (nSPS) is 12.3. The zero-order valence-electron chi connectivity index (χ0n) is 11.6. The molecular weight excluding hydrogens is 284 g/mol. The van der Waals surface area contributed by atoms with Crippen LogP contribution in [0.15, 0.2) is 42.5 Å². The van der Waals surface area contributed by atoms with Crippen LogP contribution >= 0.6 is 11.3 Å². The molecule has 0 saturated heterocycles. The van der Waals surface area contributed by atoms with Gasteiger partial charge >= 0.3 is 0 Å². The van der Waals surface area contributed by atoms with Gasteiger partial charge in [0, 0.05) is 26.6 Å². The number of hydrogen-bond donors (Lipinski definition) is 3. The molecule has 0 saturated carbocycles. The van der Waals surface area contributed by atoms with Crippen molar-refractivity contribution in [2.24, 2.45) is 0 Å². The van der Waals surface area contributed by atoms with Gasteiger partial charge in [-0.05, 0) is 43.0 Å². The summed E-state index contributed by atoms with van der Waals surface area (Å²) < 4.78 is 2.59. The molecular formula is C17H18O3S. The van der Waals surface area contributed by atoms with Crippen molar-refractivity contribution in [2.45, 2.75) is 31.7 Å². The van der Waals surface area contributed by atoms with E-state index in [-0.39, 0.29) is 6.42 Å². The highest BCUT2D eigenvalue weighted by molar-refractivity contribution is 7.25. The standard InChI is InChI=1S/C17H18O3S/c18-17(19,20)10-4-3-5-12-8-9-16-14(11-12)13-6-1-2-7-15(13)21-16/h1-2,6-9,11,18-20H,3-5,10H2. The molecule has 3 aromatic rings. The van der Waals surface area contributed by atoms with E-state index >= 15 is 0 Å². The van der Waals surface area contributed by atoms with Gasteiger partial charge in [0.25, 0.3) is 5.97 Å². The fourth-order valence-corrected chi connectivity index (χ4v) is 3.71. The number of aryl methyl sites for hydroxylation is 1. The first-order chi connectivity index (χ1) is 10.0. The Hall–Kier alpha value is -1.46. The largest absolute Gasteiger partial charge is 0.344 e. The van der Waals surface area contributed by atoms with Crippen LogP contribution in [-0.2, 0) is 6.42 Å². The summed E-state index contributed by atoms with van der Waals surface area (Å²) in [7, 11) is 0. The Morgan fingerprint density at radius 2 is 1.62 bits per heavy atom. The van der Waals surface area contributed by atoms with Crippen molar-refractivity contribution in [1.29, 1.82) is 0 Å². The Bertz CT molecular complexity index is 755. The number of fused-ring (bicyclic) bond motifs is 3. The van der Waals surface area contributed by atoms with Crippen LogP contribution in [0, 0.1) is 0 Å². The fourth-order valence-electron chi connectivity index (χ4n) is 2.62. The van der Waals surface area contributed by atoms with Crippen LogP contribution in [0.5, 0.6) is 0 Å². The summed E-state index contributed by atoms with van der Waals surface area (Å²) in [5.41, 5.74) is 1.24. The van der Waals surface area contributed by atoms with Crippen LogP contribution in [0.1, 0.15) is 24.8 Å². The van der Waals surface area contributed by atoms with Crippen molar-refractivity contribution in [1.82, 2.24) is 0 Å². The molecule has 0 amide bonds. The number of benzene rings is 2. The van der Waals surface area contributed by atoms with Crippen molar-refractivity contribution in [3.05, 3.63) is 48.0 Å². The number of aliphatic hydroxyl groups is 3. The number of thiophene rings is 1. The molecule has 0 aliphatic heterocycles. The summed E-state index contributed by atoms with van der Waals surface area (Å²) in [4.78, 5) is 0. The molecule has 21 heavy (non-hydrogen) atoms. The van der Waals surface area contributed by atoms with Crippen molar-refractivity contribution >= 4 is 31.5 Å². The lowest BCUT2D eigenvalue weighted by Gasteiger charge is -2.13. The maximum atomic E-state index is 8.86. The summed E-state index contributed by atoms with van der Waals surface area (Å²) in [5, 5.41) is 29.2. The van der Waals surface area contributed by atoms with E-state index in [1.807, 2.05) is 0 Å². The second-order valence-electron chi connectivity index (χ2n) is 5.41. The molecule has 0 bridgehead atoms. The highest BCUT2D eigenvalue weighted by Gasteiger charge is 2.16. The third kappa shape index (κ3) is 3.41. The van der Waals surface area contributed by atoms with E-state index in [0.29, 0.717) is 6.42 Å². The molecule has 3 rings (SSSR count). The van der Waals surface area contributed by atoms with Gasteiger partial charge in [-0.25, -0.2) is 0 Å². The molecule has 3 nitrogen and oxygen atoms in total. The molecule has 110 valence electrons.